The fourth-order valence-corrected chi connectivity index (χ4v) is 2.50. The number of hydrogen-bond acceptors (Lipinski definition) is 4. The van der Waals surface area contributed by atoms with Crippen molar-refractivity contribution in [1.82, 2.24) is 9.97 Å². The molecule has 23 heavy (non-hydrogen) atoms. The number of ether oxygens (including phenoxy) is 1. The molecule has 1 heterocycles. The summed E-state index contributed by atoms with van der Waals surface area (Å²) in [4.78, 5) is 8.73. The summed E-state index contributed by atoms with van der Waals surface area (Å²) in [6.45, 7) is 6.01. The van der Waals surface area contributed by atoms with Crippen LogP contribution in [0.1, 0.15) is 12.5 Å². The van der Waals surface area contributed by atoms with Crippen molar-refractivity contribution < 1.29 is 4.74 Å². The van der Waals surface area contributed by atoms with E-state index in [2.05, 4.69) is 34.0 Å². The van der Waals surface area contributed by atoms with Gasteiger partial charge in [-0.15, -0.1) is 0 Å². The highest BCUT2D eigenvalue weighted by Crippen LogP contribution is 2.26. The number of fused-ring (bicyclic) bond motifs is 1. The Morgan fingerprint density at radius 1 is 1.17 bits per heavy atom. The van der Waals surface area contributed by atoms with Crippen molar-refractivity contribution in [2.24, 2.45) is 0 Å². The van der Waals surface area contributed by atoms with E-state index in [-0.39, 0.29) is 0 Å². The maximum absolute atomic E-state index is 5.26. The van der Waals surface area contributed by atoms with Gasteiger partial charge in [0, 0.05) is 17.1 Å². The van der Waals surface area contributed by atoms with Gasteiger partial charge in [-0.2, -0.15) is 0 Å². The number of rotatable bonds is 5. The van der Waals surface area contributed by atoms with Crippen LogP contribution in [0.4, 0.5) is 11.5 Å². The highest BCUT2D eigenvalue weighted by atomic mass is 16.5. The molecule has 0 atom stereocenters. The summed E-state index contributed by atoms with van der Waals surface area (Å²) >= 11 is 0. The number of hydrogen-bond donors (Lipinski definition) is 1. The zero-order chi connectivity index (χ0) is 16.2. The minimum absolute atomic E-state index is 0.784. The molecule has 0 bridgehead atoms. The summed E-state index contributed by atoms with van der Waals surface area (Å²) in [6, 6.07) is 14.0. The standard InChI is InChI=1S/C19H19N3O/c1-13(2)9-14-7-8-18-17(10-14)19(21-12-20-18)22-15-5-4-6-16(11-15)23-3/h4-8,10-12H,1,9H2,2-3H3,(H,20,21,22). The molecule has 0 saturated heterocycles. The van der Waals surface area contributed by atoms with Crippen LogP contribution in [0.25, 0.3) is 10.9 Å². The highest BCUT2D eigenvalue weighted by Gasteiger charge is 2.06. The summed E-state index contributed by atoms with van der Waals surface area (Å²) in [7, 11) is 1.66. The maximum Gasteiger partial charge on any atom is 0.141 e. The third-order valence-corrected chi connectivity index (χ3v) is 3.54. The van der Waals surface area contributed by atoms with E-state index in [1.165, 1.54) is 5.56 Å². The third kappa shape index (κ3) is 3.48. The van der Waals surface area contributed by atoms with Crippen molar-refractivity contribution in [2.45, 2.75) is 13.3 Å². The Balaban J connectivity index is 2.00. The molecule has 4 nitrogen and oxygen atoms in total. The van der Waals surface area contributed by atoms with Crippen molar-refractivity contribution in [2.75, 3.05) is 12.4 Å². The van der Waals surface area contributed by atoms with Gasteiger partial charge in [0.1, 0.15) is 17.9 Å². The molecule has 0 radical (unpaired) electrons. The first-order chi connectivity index (χ1) is 11.2. The topological polar surface area (TPSA) is 47.0 Å². The van der Waals surface area contributed by atoms with Crippen molar-refractivity contribution in [3.63, 3.8) is 0 Å². The molecule has 0 spiro atoms. The second kappa shape index (κ2) is 6.48. The fourth-order valence-electron chi connectivity index (χ4n) is 2.50. The molecule has 0 saturated carbocycles. The van der Waals surface area contributed by atoms with E-state index >= 15 is 0 Å². The normalized spacial score (nSPS) is 10.5. The van der Waals surface area contributed by atoms with Gasteiger partial charge in [0.05, 0.1) is 12.6 Å². The number of anilines is 2. The second-order valence-electron chi connectivity index (χ2n) is 5.56. The van der Waals surface area contributed by atoms with Crippen molar-refractivity contribution in [3.8, 4) is 5.75 Å². The largest absolute Gasteiger partial charge is 0.497 e. The molecule has 0 aliphatic carbocycles. The summed E-state index contributed by atoms with van der Waals surface area (Å²) in [5.41, 5.74) is 4.17. The lowest BCUT2D eigenvalue weighted by Gasteiger charge is -2.10. The number of aromatic nitrogens is 2. The van der Waals surface area contributed by atoms with Gasteiger partial charge >= 0.3 is 0 Å². The van der Waals surface area contributed by atoms with Gasteiger partial charge in [0.25, 0.3) is 0 Å². The monoisotopic (exact) mass is 305 g/mol. The Hall–Kier alpha value is -2.88. The second-order valence-corrected chi connectivity index (χ2v) is 5.56. The molecule has 2 aromatic carbocycles. The molecule has 3 rings (SSSR count). The molecule has 116 valence electrons. The molecule has 0 aliphatic rings. The van der Waals surface area contributed by atoms with Gasteiger partial charge in [-0.05, 0) is 43.2 Å². The summed E-state index contributed by atoms with van der Waals surface area (Å²) in [6.07, 6.45) is 2.42. The van der Waals surface area contributed by atoms with Crippen molar-refractivity contribution >= 4 is 22.4 Å². The van der Waals surface area contributed by atoms with Crippen LogP contribution in [0.5, 0.6) is 5.75 Å². The average molecular weight is 305 g/mol. The van der Waals surface area contributed by atoms with Crippen LogP contribution in [0.2, 0.25) is 0 Å². The van der Waals surface area contributed by atoms with Crippen LogP contribution >= 0.6 is 0 Å². The predicted molar refractivity (Wildman–Crippen MR) is 94.3 cm³/mol. The van der Waals surface area contributed by atoms with Crippen LogP contribution < -0.4 is 10.1 Å². The molecule has 3 aromatic rings. The number of benzene rings is 2. The minimum Gasteiger partial charge on any atom is -0.497 e. The quantitative estimate of drug-likeness (QED) is 0.705. The first-order valence-corrected chi connectivity index (χ1v) is 7.45. The van der Waals surface area contributed by atoms with E-state index < -0.39 is 0 Å². The Bertz CT molecular complexity index is 858. The number of methoxy groups -OCH3 is 1. The van der Waals surface area contributed by atoms with Gasteiger partial charge in [-0.1, -0.05) is 24.3 Å². The molecule has 4 heteroatoms. The Morgan fingerprint density at radius 3 is 2.83 bits per heavy atom. The van der Waals surface area contributed by atoms with E-state index in [4.69, 9.17) is 4.74 Å². The first kappa shape index (κ1) is 15.0. The molecular formula is C19H19N3O. The van der Waals surface area contributed by atoms with E-state index in [1.54, 1.807) is 13.4 Å². The smallest absolute Gasteiger partial charge is 0.141 e. The van der Waals surface area contributed by atoms with Gasteiger partial charge in [0.15, 0.2) is 0 Å². The highest BCUT2D eigenvalue weighted by molar-refractivity contribution is 5.91. The van der Waals surface area contributed by atoms with Crippen LogP contribution in [0, 0.1) is 0 Å². The average Bonchev–Trinajstić information content (AvgIpc) is 2.55. The fraction of sp³-hybridized carbons (Fsp3) is 0.158. The molecule has 0 fully saturated rings. The molecule has 0 amide bonds. The van der Waals surface area contributed by atoms with E-state index in [0.717, 1.165) is 40.2 Å². The SMILES string of the molecule is C=C(C)Cc1ccc2ncnc(Nc3cccc(OC)c3)c2c1. The van der Waals surface area contributed by atoms with Gasteiger partial charge in [-0.25, -0.2) is 9.97 Å². The molecular weight excluding hydrogens is 286 g/mol. The van der Waals surface area contributed by atoms with Crippen molar-refractivity contribution in [3.05, 3.63) is 66.5 Å². The Labute approximate surface area is 135 Å². The van der Waals surface area contributed by atoms with E-state index in [1.807, 2.05) is 37.3 Å². The van der Waals surface area contributed by atoms with E-state index in [0.29, 0.717) is 0 Å². The number of allylic oxidation sites excluding steroid dienone is 1. The predicted octanol–water partition coefficient (Wildman–Crippen LogP) is 4.50. The minimum atomic E-state index is 0.784. The first-order valence-electron chi connectivity index (χ1n) is 7.45. The van der Waals surface area contributed by atoms with Gasteiger partial charge in [0.2, 0.25) is 0 Å². The zero-order valence-corrected chi connectivity index (χ0v) is 13.3. The lowest BCUT2D eigenvalue weighted by atomic mass is 10.1. The molecule has 0 unspecified atom stereocenters. The molecule has 1 aromatic heterocycles. The Kier molecular flexibility index (Phi) is 4.24. The molecule has 1 N–H and O–H groups in total. The molecule has 0 aliphatic heterocycles. The lowest BCUT2D eigenvalue weighted by Crippen LogP contribution is -1.97. The van der Waals surface area contributed by atoms with Crippen molar-refractivity contribution in [1.29, 1.82) is 0 Å². The van der Waals surface area contributed by atoms with Crippen LogP contribution in [-0.4, -0.2) is 17.1 Å². The van der Waals surface area contributed by atoms with Crippen LogP contribution in [0.3, 0.4) is 0 Å². The summed E-state index contributed by atoms with van der Waals surface area (Å²) < 4.78 is 5.26. The van der Waals surface area contributed by atoms with Crippen LogP contribution in [0.15, 0.2) is 60.9 Å². The van der Waals surface area contributed by atoms with Gasteiger partial charge in [-0.3, -0.25) is 0 Å². The number of nitrogens with one attached hydrogen (secondary N) is 1. The maximum atomic E-state index is 5.26. The number of nitrogens with zero attached hydrogens (tertiary/aromatic N) is 2. The lowest BCUT2D eigenvalue weighted by molar-refractivity contribution is 0.415. The Morgan fingerprint density at radius 2 is 2.04 bits per heavy atom. The summed E-state index contributed by atoms with van der Waals surface area (Å²) in [5, 5.41) is 4.34. The van der Waals surface area contributed by atoms with E-state index in [9.17, 15) is 0 Å². The summed E-state index contributed by atoms with van der Waals surface area (Å²) in [5.74, 6) is 1.59. The zero-order valence-electron chi connectivity index (χ0n) is 13.3. The van der Waals surface area contributed by atoms with Gasteiger partial charge < -0.3 is 10.1 Å². The van der Waals surface area contributed by atoms with Crippen LogP contribution in [-0.2, 0) is 6.42 Å². The third-order valence-electron chi connectivity index (χ3n) is 3.54.